The lowest BCUT2D eigenvalue weighted by Crippen LogP contribution is -1.99. The Morgan fingerprint density at radius 1 is 0.533 bits per heavy atom. The number of hydrogen-bond acceptors (Lipinski definition) is 2. The van der Waals surface area contributed by atoms with Crippen LogP contribution < -0.4 is 0 Å². The highest BCUT2D eigenvalue weighted by Crippen LogP contribution is 2.44. The molecule has 0 fully saturated rings. The van der Waals surface area contributed by atoms with Crippen molar-refractivity contribution < 1.29 is 8.83 Å². The van der Waals surface area contributed by atoms with Gasteiger partial charge in [0, 0.05) is 61.2 Å². The maximum atomic E-state index is 6.65. The summed E-state index contributed by atoms with van der Waals surface area (Å²) in [5.74, 6) is 1.04. The fourth-order valence-corrected chi connectivity index (χ4v) is 9.78. The lowest BCUT2D eigenvalue weighted by atomic mass is 9.90. The number of aryl methyl sites for hydroxylation is 1. The van der Waals surface area contributed by atoms with Gasteiger partial charge in [-0.3, -0.25) is 0 Å². The fraction of sp³-hybridized carbons (Fsp3) is 0.0714. The lowest BCUT2D eigenvalue weighted by Gasteiger charge is -2.14. The minimum absolute atomic E-state index is 0.841. The Morgan fingerprint density at radius 2 is 1.13 bits per heavy atom. The third kappa shape index (κ3) is 5.24. The zero-order chi connectivity index (χ0) is 39.9. The summed E-state index contributed by atoms with van der Waals surface area (Å²) in [7, 11) is 0. The third-order valence-electron chi connectivity index (χ3n) is 12.5. The van der Waals surface area contributed by atoms with Crippen molar-refractivity contribution in [2.24, 2.45) is 0 Å². The monoisotopic (exact) mass is 772 g/mol. The van der Waals surface area contributed by atoms with E-state index in [9.17, 15) is 0 Å². The normalized spacial score (nSPS) is 13.5. The third-order valence-corrected chi connectivity index (χ3v) is 12.5. The number of nitrogens with zero attached hydrogens (tertiary/aromatic N) is 2. The molecule has 0 unspecified atom stereocenters. The predicted molar refractivity (Wildman–Crippen MR) is 251 cm³/mol. The molecule has 7 aromatic carbocycles. The molecule has 0 N–H and O–H groups in total. The van der Waals surface area contributed by atoms with E-state index in [1.165, 1.54) is 60.7 Å². The van der Waals surface area contributed by atoms with Crippen LogP contribution in [0.1, 0.15) is 42.8 Å². The number of hydrogen-bond donors (Lipinski definition) is 0. The van der Waals surface area contributed by atoms with Crippen LogP contribution in [0, 0.1) is 0 Å². The van der Waals surface area contributed by atoms with E-state index < -0.39 is 0 Å². The molecule has 12 rings (SSSR count). The molecule has 4 heterocycles. The second-order valence-corrected chi connectivity index (χ2v) is 16.0. The van der Waals surface area contributed by atoms with E-state index in [2.05, 4.69) is 205 Å². The molecule has 60 heavy (non-hydrogen) atoms. The standard InChI is InChI=1S/C56H40N2O2/c1-3-14-47-43(41-19-10-12-21-48(41)57(47)39-15-6-4-7-16-39)31-35(2)36-24-27-51-45(32-36)55-53(59-51)29-30-54-56(55)46-34-38(25-28-52(46)60-54)37-23-26-50-44(33-37)42-20-11-13-22-49(42)58(50)40-17-8-5-9-18-40/h3-23,25-26,28-34H,24,27H2,1-2H3/b14-3-,35-31+. The van der Waals surface area contributed by atoms with Gasteiger partial charge in [0.1, 0.15) is 22.5 Å². The van der Waals surface area contributed by atoms with Gasteiger partial charge in [0.2, 0.25) is 0 Å². The summed E-state index contributed by atoms with van der Waals surface area (Å²) in [5, 5.41) is 7.05. The average molecular weight is 773 g/mol. The van der Waals surface area contributed by atoms with E-state index in [1.807, 2.05) is 0 Å². The summed E-state index contributed by atoms with van der Waals surface area (Å²) in [6.07, 6.45) is 10.9. The zero-order valence-electron chi connectivity index (χ0n) is 33.4. The maximum Gasteiger partial charge on any atom is 0.136 e. The first-order chi connectivity index (χ1) is 29.6. The molecule has 286 valence electrons. The molecule has 1 aliphatic rings. The van der Waals surface area contributed by atoms with Crippen molar-refractivity contribution in [1.29, 1.82) is 0 Å². The van der Waals surface area contributed by atoms with Gasteiger partial charge in [0.15, 0.2) is 0 Å². The second kappa shape index (κ2) is 13.5. The zero-order valence-corrected chi connectivity index (χ0v) is 33.4. The number of aromatic nitrogens is 2. The maximum absolute atomic E-state index is 6.65. The van der Waals surface area contributed by atoms with E-state index in [0.29, 0.717) is 0 Å². The molecule has 0 spiro atoms. The Hall–Kier alpha value is -7.56. The number of rotatable bonds is 6. The summed E-state index contributed by atoms with van der Waals surface area (Å²) >= 11 is 0. The first kappa shape index (κ1) is 34.5. The van der Waals surface area contributed by atoms with Gasteiger partial charge in [0.25, 0.3) is 0 Å². The van der Waals surface area contributed by atoms with E-state index >= 15 is 0 Å². The van der Waals surface area contributed by atoms with Gasteiger partial charge in [-0.1, -0.05) is 91.0 Å². The number of para-hydroxylation sites is 4. The average Bonchev–Trinajstić information content (AvgIpc) is 4.04. The van der Waals surface area contributed by atoms with Crippen LogP contribution in [0.4, 0.5) is 0 Å². The molecule has 0 radical (unpaired) electrons. The quantitative estimate of drug-likeness (QED) is 0.169. The Kier molecular flexibility index (Phi) is 7.76. The van der Waals surface area contributed by atoms with Gasteiger partial charge in [-0.15, -0.1) is 0 Å². The van der Waals surface area contributed by atoms with Gasteiger partial charge in [-0.05, 0) is 134 Å². The molecular formula is C56H40N2O2. The van der Waals surface area contributed by atoms with Crippen LogP contribution in [0.2, 0.25) is 0 Å². The topological polar surface area (TPSA) is 36.1 Å². The summed E-state index contributed by atoms with van der Waals surface area (Å²) in [5.41, 5.74) is 17.0. The highest BCUT2D eigenvalue weighted by Gasteiger charge is 2.24. The van der Waals surface area contributed by atoms with Crippen LogP contribution in [0.15, 0.2) is 184 Å². The van der Waals surface area contributed by atoms with Crippen LogP contribution in [0.3, 0.4) is 0 Å². The predicted octanol–water partition coefficient (Wildman–Crippen LogP) is 15.5. The van der Waals surface area contributed by atoms with Crippen molar-refractivity contribution >= 4 is 83.8 Å². The molecule has 1 aliphatic carbocycles. The van der Waals surface area contributed by atoms with Crippen molar-refractivity contribution in [1.82, 2.24) is 9.13 Å². The van der Waals surface area contributed by atoms with Crippen LogP contribution >= 0.6 is 0 Å². The molecule has 0 aliphatic heterocycles. The Morgan fingerprint density at radius 3 is 1.88 bits per heavy atom. The molecule has 4 heteroatoms. The molecule has 11 aromatic rings. The molecule has 0 saturated heterocycles. The van der Waals surface area contributed by atoms with Crippen molar-refractivity contribution in [2.75, 3.05) is 0 Å². The van der Waals surface area contributed by atoms with Gasteiger partial charge in [0.05, 0.1) is 22.2 Å². The minimum atomic E-state index is 0.841. The summed E-state index contributed by atoms with van der Waals surface area (Å²) in [6.45, 7) is 4.35. The van der Waals surface area contributed by atoms with Gasteiger partial charge < -0.3 is 18.0 Å². The van der Waals surface area contributed by atoms with Crippen LogP contribution in [0.5, 0.6) is 0 Å². The van der Waals surface area contributed by atoms with E-state index in [1.54, 1.807) is 0 Å². The first-order valence-corrected chi connectivity index (χ1v) is 20.8. The molecule has 4 aromatic heterocycles. The Balaban J connectivity index is 0.998. The van der Waals surface area contributed by atoms with Crippen molar-refractivity contribution in [3.8, 4) is 22.5 Å². The number of allylic oxidation sites excluding steroid dienone is 3. The summed E-state index contributed by atoms with van der Waals surface area (Å²) in [6, 6.07) is 56.4. The van der Waals surface area contributed by atoms with E-state index in [0.717, 1.165) is 74.0 Å². The number of furan rings is 2. The van der Waals surface area contributed by atoms with Gasteiger partial charge >= 0.3 is 0 Å². The van der Waals surface area contributed by atoms with E-state index in [-0.39, 0.29) is 0 Å². The molecule has 0 amide bonds. The SMILES string of the molecule is C/C=C\c1c(/C=C(\C)C2=Cc3c(oc4ccc5oc6ccc(-c7ccc8c(c7)c7ccccc7n8-c7ccccc7)cc6c5c34)CC2)c2ccccc2n1-c1ccccc1. The molecule has 0 saturated carbocycles. The fourth-order valence-electron chi connectivity index (χ4n) is 9.78. The first-order valence-electron chi connectivity index (χ1n) is 20.8. The van der Waals surface area contributed by atoms with Crippen LogP contribution in [-0.2, 0) is 6.42 Å². The lowest BCUT2D eigenvalue weighted by molar-refractivity contribution is 0.544. The van der Waals surface area contributed by atoms with E-state index in [4.69, 9.17) is 8.83 Å². The largest absolute Gasteiger partial charge is 0.460 e. The van der Waals surface area contributed by atoms with Crippen LogP contribution in [0.25, 0.3) is 106 Å². The highest BCUT2D eigenvalue weighted by atomic mass is 16.3. The summed E-state index contributed by atoms with van der Waals surface area (Å²) < 4.78 is 18.0. The molecule has 0 atom stereocenters. The van der Waals surface area contributed by atoms with Crippen molar-refractivity contribution in [3.63, 3.8) is 0 Å². The molecule has 0 bridgehead atoms. The smallest absolute Gasteiger partial charge is 0.136 e. The Labute approximate surface area is 347 Å². The highest BCUT2D eigenvalue weighted by molar-refractivity contribution is 6.21. The number of fused-ring (bicyclic) bond motifs is 11. The van der Waals surface area contributed by atoms with Crippen molar-refractivity contribution in [3.05, 3.63) is 198 Å². The minimum Gasteiger partial charge on any atom is -0.460 e. The Bertz CT molecular complexity index is 3600. The second-order valence-electron chi connectivity index (χ2n) is 16.0. The molecule has 4 nitrogen and oxygen atoms in total. The van der Waals surface area contributed by atoms with Gasteiger partial charge in [-0.25, -0.2) is 0 Å². The van der Waals surface area contributed by atoms with Crippen molar-refractivity contribution in [2.45, 2.75) is 26.7 Å². The van der Waals surface area contributed by atoms with Gasteiger partial charge in [-0.2, -0.15) is 0 Å². The summed E-state index contributed by atoms with van der Waals surface area (Å²) in [4.78, 5) is 0. The molecular weight excluding hydrogens is 733 g/mol. The number of benzene rings is 7. The van der Waals surface area contributed by atoms with Crippen LogP contribution in [-0.4, -0.2) is 9.13 Å².